The molecule has 0 aliphatic carbocycles. The lowest BCUT2D eigenvalue weighted by molar-refractivity contribution is 0.232. The van der Waals surface area contributed by atoms with Crippen molar-refractivity contribution in [1.82, 2.24) is 9.88 Å². The summed E-state index contributed by atoms with van der Waals surface area (Å²) in [5.41, 5.74) is 1.31. The smallest absolute Gasteiger partial charge is 0.319 e. The number of nitrogens with one attached hydrogen (secondary N) is 2. The van der Waals surface area contributed by atoms with E-state index in [0.29, 0.717) is 34.9 Å². The van der Waals surface area contributed by atoms with Crippen LogP contribution < -0.4 is 20.9 Å². The highest BCUT2D eigenvalue weighted by Gasteiger charge is 2.24. The molecular formula is C20H18ClN3O3. The van der Waals surface area contributed by atoms with Crippen LogP contribution in [0.5, 0.6) is 5.75 Å². The molecule has 0 saturated carbocycles. The van der Waals surface area contributed by atoms with Gasteiger partial charge in [-0.1, -0.05) is 29.8 Å². The van der Waals surface area contributed by atoms with Crippen molar-refractivity contribution >= 4 is 34.1 Å². The second-order valence-electron chi connectivity index (χ2n) is 6.48. The van der Waals surface area contributed by atoms with Crippen LogP contribution in [-0.2, 0) is 7.05 Å². The molecule has 4 rings (SSSR count). The Morgan fingerprint density at radius 1 is 1.26 bits per heavy atom. The number of pyridine rings is 1. The number of aromatic nitrogens is 1. The zero-order valence-corrected chi connectivity index (χ0v) is 15.4. The van der Waals surface area contributed by atoms with Crippen LogP contribution in [0.15, 0.2) is 53.5 Å². The summed E-state index contributed by atoms with van der Waals surface area (Å²) in [4.78, 5) is 24.7. The van der Waals surface area contributed by atoms with Gasteiger partial charge in [0.15, 0.2) is 0 Å². The number of nitrogens with zero attached hydrogens (tertiary/aromatic N) is 1. The van der Waals surface area contributed by atoms with Crippen molar-refractivity contribution in [3.63, 3.8) is 0 Å². The van der Waals surface area contributed by atoms with Crippen molar-refractivity contribution in [1.29, 1.82) is 0 Å². The molecule has 0 spiro atoms. The lowest BCUT2D eigenvalue weighted by atomic mass is 10.0. The standard InChI is InChI=1S/C20H18ClN3O3/c1-24-9-7-12-5-6-13(11-15(12)19(24)25)22-20(26)23-17-8-10-27-18-14(17)3-2-4-16(18)21/h2-7,9,11,17H,8,10H2,1H3,(H2,22,23,26). The molecule has 1 unspecified atom stereocenters. The molecule has 2 heterocycles. The van der Waals surface area contributed by atoms with Gasteiger partial charge in [0.25, 0.3) is 5.56 Å². The Morgan fingerprint density at radius 3 is 2.96 bits per heavy atom. The summed E-state index contributed by atoms with van der Waals surface area (Å²) in [5, 5.41) is 7.67. The molecule has 6 nitrogen and oxygen atoms in total. The van der Waals surface area contributed by atoms with Crippen LogP contribution in [0.2, 0.25) is 5.02 Å². The van der Waals surface area contributed by atoms with E-state index in [0.717, 1.165) is 10.9 Å². The number of rotatable bonds is 2. The third-order valence-electron chi connectivity index (χ3n) is 4.67. The van der Waals surface area contributed by atoms with Crippen LogP contribution in [-0.4, -0.2) is 17.2 Å². The number of hydrogen-bond donors (Lipinski definition) is 2. The first-order chi connectivity index (χ1) is 13.0. The van der Waals surface area contributed by atoms with Crippen LogP contribution in [0.1, 0.15) is 18.0 Å². The van der Waals surface area contributed by atoms with Gasteiger partial charge in [-0.3, -0.25) is 4.79 Å². The number of halogens is 1. The van der Waals surface area contributed by atoms with E-state index in [1.165, 1.54) is 4.57 Å². The minimum atomic E-state index is -0.347. The maximum absolute atomic E-state index is 12.5. The normalized spacial score (nSPS) is 15.7. The topological polar surface area (TPSA) is 72.4 Å². The quantitative estimate of drug-likeness (QED) is 0.706. The fourth-order valence-corrected chi connectivity index (χ4v) is 3.51. The number of amides is 2. The van der Waals surface area contributed by atoms with Gasteiger partial charge < -0.3 is 19.9 Å². The first-order valence-electron chi connectivity index (χ1n) is 8.61. The summed E-state index contributed by atoms with van der Waals surface area (Å²) in [5.74, 6) is 0.616. The predicted molar refractivity (Wildman–Crippen MR) is 106 cm³/mol. The van der Waals surface area contributed by atoms with E-state index in [1.807, 2.05) is 24.3 Å². The number of hydrogen-bond acceptors (Lipinski definition) is 3. The molecule has 2 N–H and O–H groups in total. The van der Waals surface area contributed by atoms with Gasteiger partial charge in [-0.15, -0.1) is 0 Å². The molecule has 1 aliphatic rings. The van der Waals surface area contributed by atoms with Crippen molar-refractivity contribution in [3.05, 3.63) is 69.6 Å². The molecular weight excluding hydrogens is 366 g/mol. The highest BCUT2D eigenvalue weighted by Crippen LogP contribution is 2.37. The van der Waals surface area contributed by atoms with Gasteiger partial charge in [0.05, 0.1) is 17.7 Å². The van der Waals surface area contributed by atoms with E-state index in [-0.39, 0.29) is 17.6 Å². The summed E-state index contributed by atoms with van der Waals surface area (Å²) in [6.45, 7) is 0.480. The number of para-hydroxylation sites is 1. The van der Waals surface area contributed by atoms with E-state index in [1.54, 1.807) is 31.4 Å². The number of carbonyl (C=O) groups is 1. The third kappa shape index (κ3) is 3.36. The van der Waals surface area contributed by atoms with Crippen molar-refractivity contribution in [3.8, 4) is 5.75 Å². The van der Waals surface area contributed by atoms with Crippen molar-refractivity contribution in [2.24, 2.45) is 7.05 Å². The molecule has 1 aromatic heterocycles. The highest BCUT2D eigenvalue weighted by atomic mass is 35.5. The Morgan fingerprint density at radius 2 is 2.11 bits per heavy atom. The Kier molecular flexibility index (Phi) is 4.49. The zero-order valence-electron chi connectivity index (χ0n) is 14.7. The number of ether oxygens (including phenoxy) is 1. The largest absolute Gasteiger partial charge is 0.492 e. The Hall–Kier alpha value is -2.99. The van der Waals surface area contributed by atoms with E-state index in [9.17, 15) is 9.59 Å². The van der Waals surface area contributed by atoms with Crippen molar-refractivity contribution in [2.75, 3.05) is 11.9 Å². The van der Waals surface area contributed by atoms with Crippen molar-refractivity contribution in [2.45, 2.75) is 12.5 Å². The number of urea groups is 1. The fraction of sp³-hybridized carbons (Fsp3) is 0.200. The van der Waals surface area contributed by atoms with Crippen LogP contribution in [0.25, 0.3) is 10.8 Å². The van der Waals surface area contributed by atoms with E-state index < -0.39 is 0 Å². The molecule has 0 saturated heterocycles. The van der Waals surface area contributed by atoms with Gasteiger partial charge in [0.1, 0.15) is 5.75 Å². The van der Waals surface area contributed by atoms with E-state index in [2.05, 4.69) is 10.6 Å². The average molecular weight is 384 g/mol. The lowest BCUT2D eigenvalue weighted by Crippen LogP contribution is -2.35. The molecule has 0 radical (unpaired) electrons. The lowest BCUT2D eigenvalue weighted by Gasteiger charge is -2.27. The van der Waals surface area contributed by atoms with E-state index >= 15 is 0 Å². The summed E-state index contributed by atoms with van der Waals surface area (Å²) in [6, 6.07) is 12.1. The van der Waals surface area contributed by atoms with E-state index in [4.69, 9.17) is 16.3 Å². The van der Waals surface area contributed by atoms with Crippen LogP contribution in [0.3, 0.4) is 0 Å². The van der Waals surface area contributed by atoms with Gasteiger partial charge in [-0.25, -0.2) is 4.79 Å². The Balaban J connectivity index is 1.54. The predicted octanol–water partition coefficient (Wildman–Crippen LogP) is 3.84. The maximum atomic E-state index is 12.5. The molecule has 2 amide bonds. The zero-order chi connectivity index (χ0) is 19.0. The van der Waals surface area contributed by atoms with Gasteiger partial charge in [0, 0.05) is 36.3 Å². The number of benzene rings is 2. The molecule has 7 heteroatoms. The van der Waals surface area contributed by atoms with Crippen LogP contribution in [0, 0.1) is 0 Å². The maximum Gasteiger partial charge on any atom is 0.319 e. The molecule has 3 aromatic rings. The molecule has 27 heavy (non-hydrogen) atoms. The number of carbonyl (C=O) groups excluding carboxylic acids is 1. The summed E-state index contributed by atoms with van der Waals surface area (Å²) in [6.07, 6.45) is 2.37. The second-order valence-corrected chi connectivity index (χ2v) is 6.89. The molecule has 2 aromatic carbocycles. The molecule has 1 atom stereocenters. The molecule has 0 fully saturated rings. The third-order valence-corrected chi connectivity index (χ3v) is 4.97. The Labute approximate surface area is 160 Å². The molecule has 0 bridgehead atoms. The van der Waals surface area contributed by atoms with Gasteiger partial charge in [-0.2, -0.15) is 0 Å². The first kappa shape index (κ1) is 17.4. The summed E-state index contributed by atoms with van der Waals surface area (Å²) < 4.78 is 7.13. The fourth-order valence-electron chi connectivity index (χ4n) is 3.28. The number of anilines is 1. The van der Waals surface area contributed by atoms with Crippen LogP contribution in [0.4, 0.5) is 10.5 Å². The molecule has 1 aliphatic heterocycles. The van der Waals surface area contributed by atoms with Gasteiger partial charge >= 0.3 is 6.03 Å². The SMILES string of the molecule is Cn1ccc2ccc(NC(=O)NC3CCOc4c(Cl)cccc43)cc2c1=O. The minimum Gasteiger partial charge on any atom is -0.492 e. The van der Waals surface area contributed by atoms with Crippen molar-refractivity contribution < 1.29 is 9.53 Å². The monoisotopic (exact) mass is 383 g/mol. The number of fused-ring (bicyclic) bond motifs is 2. The Bertz CT molecular complexity index is 1090. The summed E-state index contributed by atoms with van der Waals surface area (Å²) in [7, 11) is 1.70. The first-order valence-corrected chi connectivity index (χ1v) is 8.99. The van der Waals surface area contributed by atoms with Gasteiger partial charge in [0.2, 0.25) is 0 Å². The minimum absolute atomic E-state index is 0.107. The molecule has 138 valence electrons. The van der Waals surface area contributed by atoms with Crippen LogP contribution >= 0.6 is 11.6 Å². The second kappa shape index (κ2) is 6.96. The average Bonchev–Trinajstić information content (AvgIpc) is 2.66. The highest BCUT2D eigenvalue weighted by molar-refractivity contribution is 6.32. The van der Waals surface area contributed by atoms with Gasteiger partial charge in [-0.05, 0) is 29.7 Å². The number of aryl methyl sites for hydroxylation is 1. The summed E-state index contributed by atoms with van der Waals surface area (Å²) >= 11 is 6.17.